The molecule has 0 aliphatic heterocycles. The third-order valence-corrected chi connectivity index (χ3v) is 3.16. The van der Waals surface area contributed by atoms with Crippen LogP contribution in [0, 0.1) is 0 Å². The molecule has 0 heterocycles. The molecule has 2 aromatic rings. The zero-order valence-corrected chi connectivity index (χ0v) is 12.9. The van der Waals surface area contributed by atoms with Gasteiger partial charge in [0.15, 0.2) is 17.6 Å². The third kappa shape index (κ3) is 4.31. The fourth-order valence-electron chi connectivity index (χ4n) is 1.95. The van der Waals surface area contributed by atoms with E-state index in [0.717, 1.165) is 5.56 Å². The number of ether oxygens (including phenoxy) is 2. The molecule has 6 nitrogen and oxygen atoms in total. The van der Waals surface area contributed by atoms with E-state index in [2.05, 4.69) is 10.5 Å². The maximum Gasteiger partial charge on any atom is 0.273 e. The molecule has 2 aromatic carbocycles. The standard InChI is InChI=1S/C17H18N2O4/c1-22-14-9-8-12(10-15(14)23-2)11-18-19-17(21)16(20)13-6-4-3-5-7-13/h3-11,16,20H,1-2H3,(H,19,21)/b18-11+. The molecule has 1 unspecified atom stereocenters. The van der Waals surface area contributed by atoms with Crippen molar-refractivity contribution in [3.8, 4) is 11.5 Å². The van der Waals surface area contributed by atoms with Crippen LogP contribution < -0.4 is 14.9 Å². The normalized spacial score (nSPS) is 12.0. The SMILES string of the molecule is COc1ccc(/C=N/NC(=O)C(O)c2ccccc2)cc1OC. The predicted molar refractivity (Wildman–Crippen MR) is 86.7 cm³/mol. The number of nitrogens with zero attached hydrogens (tertiary/aromatic N) is 1. The molecule has 0 aliphatic carbocycles. The Bertz CT molecular complexity index is 686. The lowest BCUT2D eigenvalue weighted by Gasteiger charge is -2.09. The number of carbonyl (C=O) groups excluding carboxylic acids is 1. The van der Waals surface area contributed by atoms with E-state index >= 15 is 0 Å². The average Bonchev–Trinajstić information content (AvgIpc) is 2.61. The Balaban J connectivity index is 2.00. The van der Waals surface area contributed by atoms with Crippen molar-refractivity contribution >= 4 is 12.1 Å². The van der Waals surface area contributed by atoms with Gasteiger partial charge in [-0.25, -0.2) is 5.43 Å². The summed E-state index contributed by atoms with van der Waals surface area (Å²) in [6.45, 7) is 0. The van der Waals surface area contributed by atoms with Crippen molar-refractivity contribution in [2.24, 2.45) is 5.10 Å². The largest absolute Gasteiger partial charge is 0.493 e. The molecule has 2 N–H and O–H groups in total. The number of rotatable bonds is 6. The van der Waals surface area contributed by atoms with Gasteiger partial charge in [0.25, 0.3) is 5.91 Å². The number of aliphatic hydroxyl groups is 1. The van der Waals surface area contributed by atoms with E-state index in [-0.39, 0.29) is 0 Å². The zero-order chi connectivity index (χ0) is 16.7. The van der Waals surface area contributed by atoms with Gasteiger partial charge >= 0.3 is 0 Å². The lowest BCUT2D eigenvalue weighted by Crippen LogP contribution is -2.25. The molecule has 23 heavy (non-hydrogen) atoms. The van der Waals surface area contributed by atoms with Crippen LogP contribution in [0.1, 0.15) is 17.2 Å². The van der Waals surface area contributed by atoms with Gasteiger partial charge in [0.05, 0.1) is 20.4 Å². The van der Waals surface area contributed by atoms with Crippen molar-refractivity contribution in [1.29, 1.82) is 0 Å². The number of hydrogen-bond acceptors (Lipinski definition) is 5. The molecule has 1 amide bonds. The molecule has 0 saturated carbocycles. The minimum absolute atomic E-state index is 0.506. The maximum atomic E-state index is 11.8. The van der Waals surface area contributed by atoms with E-state index in [1.54, 1.807) is 49.6 Å². The summed E-state index contributed by atoms with van der Waals surface area (Å²) < 4.78 is 10.3. The lowest BCUT2D eigenvalue weighted by molar-refractivity contribution is -0.129. The summed E-state index contributed by atoms with van der Waals surface area (Å²) in [6, 6.07) is 13.9. The van der Waals surface area contributed by atoms with Gasteiger partial charge in [-0.15, -0.1) is 0 Å². The highest BCUT2D eigenvalue weighted by atomic mass is 16.5. The molecule has 6 heteroatoms. The summed E-state index contributed by atoms with van der Waals surface area (Å²) in [5.74, 6) is 0.563. The number of hydrazone groups is 1. The van der Waals surface area contributed by atoms with Crippen LogP contribution in [0.3, 0.4) is 0 Å². The van der Waals surface area contributed by atoms with Crippen molar-refractivity contribution in [1.82, 2.24) is 5.43 Å². The molecule has 0 saturated heterocycles. The molecule has 0 radical (unpaired) electrons. The van der Waals surface area contributed by atoms with Gasteiger partial charge in [-0.1, -0.05) is 30.3 Å². The van der Waals surface area contributed by atoms with E-state index in [4.69, 9.17) is 9.47 Å². The lowest BCUT2D eigenvalue weighted by atomic mass is 10.1. The summed E-state index contributed by atoms with van der Waals surface area (Å²) in [6.07, 6.45) is 0.191. The quantitative estimate of drug-likeness (QED) is 0.630. The summed E-state index contributed by atoms with van der Waals surface area (Å²) in [5.41, 5.74) is 3.53. The number of aliphatic hydroxyl groups excluding tert-OH is 1. The number of hydrogen-bond donors (Lipinski definition) is 2. The van der Waals surface area contributed by atoms with Crippen LogP contribution in [0.25, 0.3) is 0 Å². The van der Waals surface area contributed by atoms with E-state index < -0.39 is 12.0 Å². The molecular weight excluding hydrogens is 296 g/mol. The minimum Gasteiger partial charge on any atom is -0.493 e. The topological polar surface area (TPSA) is 80.2 Å². The van der Waals surface area contributed by atoms with Gasteiger partial charge in [-0.2, -0.15) is 5.10 Å². The average molecular weight is 314 g/mol. The van der Waals surface area contributed by atoms with Crippen molar-refractivity contribution in [3.63, 3.8) is 0 Å². The van der Waals surface area contributed by atoms with Gasteiger partial charge in [0.2, 0.25) is 0 Å². The number of carbonyl (C=O) groups is 1. The second-order valence-corrected chi connectivity index (χ2v) is 4.66. The summed E-state index contributed by atoms with van der Waals surface area (Å²) >= 11 is 0. The Hall–Kier alpha value is -2.86. The van der Waals surface area contributed by atoms with E-state index in [1.807, 2.05) is 6.07 Å². The molecule has 120 valence electrons. The minimum atomic E-state index is -1.27. The fourth-order valence-corrected chi connectivity index (χ4v) is 1.95. The summed E-state index contributed by atoms with van der Waals surface area (Å²) in [7, 11) is 3.09. The van der Waals surface area contributed by atoms with Crippen LogP contribution in [0.15, 0.2) is 53.6 Å². The number of benzene rings is 2. The monoisotopic (exact) mass is 314 g/mol. The van der Waals surface area contributed by atoms with Crippen LogP contribution in [-0.2, 0) is 4.79 Å². The van der Waals surface area contributed by atoms with Gasteiger partial charge in [0, 0.05) is 0 Å². The highest BCUT2D eigenvalue weighted by Crippen LogP contribution is 2.26. The first-order valence-corrected chi connectivity index (χ1v) is 6.93. The molecule has 0 aromatic heterocycles. The van der Waals surface area contributed by atoms with Crippen LogP contribution in [-0.4, -0.2) is 31.4 Å². The Morgan fingerprint density at radius 1 is 1.13 bits per heavy atom. The Labute approximate surface area is 134 Å². The van der Waals surface area contributed by atoms with E-state index in [0.29, 0.717) is 17.1 Å². The molecule has 0 fully saturated rings. The van der Waals surface area contributed by atoms with Crippen molar-refractivity contribution in [2.75, 3.05) is 14.2 Å². The van der Waals surface area contributed by atoms with E-state index in [1.165, 1.54) is 13.3 Å². The first kappa shape index (κ1) is 16.5. The zero-order valence-electron chi connectivity index (χ0n) is 12.9. The summed E-state index contributed by atoms with van der Waals surface area (Å²) in [5, 5.41) is 13.8. The van der Waals surface area contributed by atoms with Gasteiger partial charge in [-0.05, 0) is 29.3 Å². The van der Waals surface area contributed by atoms with Crippen LogP contribution in [0.4, 0.5) is 0 Å². The molecule has 1 atom stereocenters. The second kappa shape index (κ2) is 7.95. The predicted octanol–water partition coefficient (Wildman–Crippen LogP) is 1.89. The maximum absolute atomic E-state index is 11.8. The number of nitrogens with one attached hydrogen (secondary N) is 1. The number of amides is 1. The molecule has 0 spiro atoms. The highest BCUT2D eigenvalue weighted by molar-refractivity contribution is 5.85. The highest BCUT2D eigenvalue weighted by Gasteiger charge is 2.15. The molecule has 2 rings (SSSR count). The van der Waals surface area contributed by atoms with Gasteiger partial charge in [0.1, 0.15) is 0 Å². The van der Waals surface area contributed by atoms with Crippen molar-refractivity contribution in [3.05, 3.63) is 59.7 Å². The first-order chi connectivity index (χ1) is 11.2. The molecule has 0 aliphatic rings. The van der Waals surface area contributed by atoms with Crippen LogP contribution in [0.2, 0.25) is 0 Å². The second-order valence-electron chi connectivity index (χ2n) is 4.66. The Morgan fingerprint density at radius 3 is 2.48 bits per heavy atom. The molecular formula is C17H18N2O4. The fraction of sp³-hybridized carbons (Fsp3) is 0.176. The Morgan fingerprint density at radius 2 is 1.83 bits per heavy atom. The van der Waals surface area contributed by atoms with E-state index in [9.17, 15) is 9.90 Å². The first-order valence-electron chi connectivity index (χ1n) is 6.93. The van der Waals surface area contributed by atoms with Crippen molar-refractivity contribution in [2.45, 2.75) is 6.10 Å². The van der Waals surface area contributed by atoms with Crippen LogP contribution >= 0.6 is 0 Å². The summed E-state index contributed by atoms with van der Waals surface area (Å²) in [4.78, 5) is 11.8. The third-order valence-electron chi connectivity index (χ3n) is 3.16. The Kier molecular flexibility index (Phi) is 5.71. The van der Waals surface area contributed by atoms with Gasteiger partial charge in [-0.3, -0.25) is 4.79 Å². The number of methoxy groups -OCH3 is 2. The van der Waals surface area contributed by atoms with Crippen LogP contribution in [0.5, 0.6) is 11.5 Å². The smallest absolute Gasteiger partial charge is 0.273 e. The van der Waals surface area contributed by atoms with Crippen molar-refractivity contribution < 1.29 is 19.4 Å². The van der Waals surface area contributed by atoms with Gasteiger partial charge < -0.3 is 14.6 Å². The molecule has 0 bridgehead atoms.